The molecule has 0 aromatic heterocycles. The summed E-state index contributed by atoms with van der Waals surface area (Å²) in [6.07, 6.45) is 0.573. The van der Waals surface area contributed by atoms with Crippen LogP contribution >= 0.6 is 0 Å². The molecular weight excluding hydrogens is 140 g/mol. The fraction of sp³-hybridized carbons (Fsp3) is 0.875. The minimum atomic E-state index is 0.116. The molecule has 0 aliphatic heterocycles. The van der Waals surface area contributed by atoms with Crippen LogP contribution < -0.4 is 10.6 Å². The molecule has 0 radical (unpaired) electrons. The standard InChI is InChI=1S/C6H14N2O.C2H6/c1-3-6(9)8-5-4-7-2;1-2/h7H,3-5H2,1-2H3,(H,8,9);1-2H3. The van der Waals surface area contributed by atoms with Crippen LogP contribution in [-0.4, -0.2) is 26.0 Å². The Morgan fingerprint density at radius 2 is 1.82 bits per heavy atom. The fourth-order valence-corrected chi connectivity index (χ4v) is 0.452. The summed E-state index contributed by atoms with van der Waals surface area (Å²) in [5.74, 6) is 0.116. The molecule has 0 aliphatic rings. The normalized spacial score (nSPS) is 8.00. The van der Waals surface area contributed by atoms with Gasteiger partial charge in [-0.3, -0.25) is 4.79 Å². The van der Waals surface area contributed by atoms with Crippen LogP contribution in [0.25, 0.3) is 0 Å². The maximum atomic E-state index is 10.5. The Kier molecular flexibility index (Phi) is 14.4. The number of hydrogen-bond acceptors (Lipinski definition) is 2. The second-order valence-corrected chi connectivity index (χ2v) is 1.81. The first-order valence-corrected chi connectivity index (χ1v) is 4.22. The Labute approximate surface area is 69.6 Å². The predicted octanol–water partition coefficient (Wildman–Crippen LogP) is 0.758. The summed E-state index contributed by atoms with van der Waals surface area (Å²) in [7, 11) is 1.86. The van der Waals surface area contributed by atoms with Crippen LogP contribution in [0.4, 0.5) is 0 Å². The third kappa shape index (κ3) is 12.6. The minimum absolute atomic E-state index is 0.116. The van der Waals surface area contributed by atoms with E-state index in [1.54, 1.807) is 0 Å². The summed E-state index contributed by atoms with van der Waals surface area (Å²) in [6, 6.07) is 0. The zero-order valence-electron chi connectivity index (χ0n) is 8.03. The van der Waals surface area contributed by atoms with E-state index in [0.29, 0.717) is 6.42 Å². The van der Waals surface area contributed by atoms with E-state index >= 15 is 0 Å². The van der Waals surface area contributed by atoms with Gasteiger partial charge in [-0.15, -0.1) is 0 Å². The Hall–Kier alpha value is -0.570. The second kappa shape index (κ2) is 12.1. The summed E-state index contributed by atoms with van der Waals surface area (Å²) >= 11 is 0. The molecule has 3 heteroatoms. The fourth-order valence-electron chi connectivity index (χ4n) is 0.452. The largest absolute Gasteiger partial charge is 0.355 e. The lowest BCUT2D eigenvalue weighted by atomic mass is 10.4. The van der Waals surface area contributed by atoms with Crippen molar-refractivity contribution in [2.75, 3.05) is 20.1 Å². The highest BCUT2D eigenvalue weighted by Gasteiger charge is 1.91. The summed E-state index contributed by atoms with van der Waals surface area (Å²) in [4.78, 5) is 10.5. The van der Waals surface area contributed by atoms with Gasteiger partial charge in [0, 0.05) is 19.5 Å². The lowest BCUT2D eigenvalue weighted by molar-refractivity contribution is -0.120. The van der Waals surface area contributed by atoms with Crippen molar-refractivity contribution in [1.29, 1.82) is 0 Å². The van der Waals surface area contributed by atoms with Crippen LogP contribution in [0.5, 0.6) is 0 Å². The Morgan fingerprint density at radius 1 is 1.27 bits per heavy atom. The monoisotopic (exact) mass is 160 g/mol. The maximum absolute atomic E-state index is 10.5. The van der Waals surface area contributed by atoms with E-state index in [4.69, 9.17) is 0 Å². The van der Waals surface area contributed by atoms with Crippen molar-refractivity contribution >= 4 is 5.91 Å². The number of carbonyl (C=O) groups is 1. The molecule has 0 bridgehead atoms. The molecule has 0 aromatic rings. The van der Waals surface area contributed by atoms with E-state index < -0.39 is 0 Å². The number of rotatable bonds is 4. The van der Waals surface area contributed by atoms with E-state index in [9.17, 15) is 4.79 Å². The third-order valence-electron chi connectivity index (χ3n) is 1.02. The molecule has 0 atom stereocenters. The molecule has 11 heavy (non-hydrogen) atoms. The lowest BCUT2D eigenvalue weighted by Crippen LogP contribution is -2.29. The van der Waals surface area contributed by atoms with Gasteiger partial charge in [0.1, 0.15) is 0 Å². The summed E-state index contributed by atoms with van der Waals surface area (Å²) in [5.41, 5.74) is 0. The molecule has 0 aromatic carbocycles. The summed E-state index contributed by atoms with van der Waals surface area (Å²) in [6.45, 7) is 7.41. The molecule has 0 fully saturated rings. The number of amides is 1. The maximum Gasteiger partial charge on any atom is 0.219 e. The SMILES string of the molecule is CC.CCC(=O)NCCNC. The van der Waals surface area contributed by atoms with Gasteiger partial charge in [0.05, 0.1) is 0 Å². The quantitative estimate of drug-likeness (QED) is 0.596. The molecule has 0 heterocycles. The molecule has 0 spiro atoms. The molecule has 0 rings (SSSR count). The van der Waals surface area contributed by atoms with Crippen molar-refractivity contribution < 1.29 is 4.79 Å². The van der Waals surface area contributed by atoms with Crippen molar-refractivity contribution in [3.8, 4) is 0 Å². The molecular formula is C8H20N2O. The van der Waals surface area contributed by atoms with Crippen LogP contribution in [-0.2, 0) is 4.79 Å². The van der Waals surface area contributed by atoms with E-state index in [1.807, 2.05) is 27.8 Å². The average Bonchev–Trinajstić information content (AvgIpc) is 2.08. The number of carbonyl (C=O) groups excluding carboxylic acids is 1. The molecule has 0 saturated heterocycles. The first kappa shape index (κ1) is 13.1. The van der Waals surface area contributed by atoms with Crippen molar-refractivity contribution in [1.82, 2.24) is 10.6 Å². The van der Waals surface area contributed by atoms with Gasteiger partial charge in [0.15, 0.2) is 0 Å². The smallest absolute Gasteiger partial charge is 0.219 e. The molecule has 68 valence electrons. The molecule has 2 N–H and O–H groups in total. The zero-order chi connectivity index (χ0) is 9.11. The Balaban J connectivity index is 0. The van der Waals surface area contributed by atoms with Crippen LogP contribution in [0, 0.1) is 0 Å². The topological polar surface area (TPSA) is 41.1 Å². The van der Waals surface area contributed by atoms with Crippen molar-refractivity contribution in [3.63, 3.8) is 0 Å². The highest BCUT2D eigenvalue weighted by Crippen LogP contribution is 1.71. The molecule has 0 aliphatic carbocycles. The molecule has 3 nitrogen and oxygen atoms in total. The zero-order valence-corrected chi connectivity index (χ0v) is 8.03. The Morgan fingerprint density at radius 3 is 2.18 bits per heavy atom. The van der Waals surface area contributed by atoms with Crippen LogP contribution in [0.3, 0.4) is 0 Å². The average molecular weight is 160 g/mol. The number of likely N-dealkylation sites (N-methyl/N-ethyl adjacent to an activating group) is 1. The van der Waals surface area contributed by atoms with Gasteiger partial charge in [0.25, 0.3) is 0 Å². The van der Waals surface area contributed by atoms with Crippen LogP contribution in [0.2, 0.25) is 0 Å². The van der Waals surface area contributed by atoms with Gasteiger partial charge in [-0.25, -0.2) is 0 Å². The van der Waals surface area contributed by atoms with Crippen molar-refractivity contribution in [3.05, 3.63) is 0 Å². The van der Waals surface area contributed by atoms with E-state index in [-0.39, 0.29) is 5.91 Å². The summed E-state index contributed by atoms with van der Waals surface area (Å²) in [5, 5.41) is 5.66. The van der Waals surface area contributed by atoms with Gasteiger partial charge >= 0.3 is 0 Å². The summed E-state index contributed by atoms with van der Waals surface area (Å²) < 4.78 is 0. The van der Waals surface area contributed by atoms with E-state index in [1.165, 1.54) is 0 Å². The van der Waals surface area contributed by atoms with Gasteiger partial charge in [0.2, 0.25) is 5.91 Å². The van der Waals surface area contributed by atoms with Crippen molar-refractivity contribution in [2.45, 2.75) is 27.2 Å². The number of hydrogen-bond donors (Lipinski definition) is 2. The van der Waals surface area contributed by atoms with Gasteiger partial charge in [-0.2, -0.15) is 0 Å². The van der Waals surface area contributed by atoms with E-state index in [2.05, 4.69) is 10.6 Å². The van der Waals surface area contributed by atoms with Gasteiger partial charge in [-0.1, -0.05) is 20.8 Å². The van der Waals surface area contributed by atoms with Crippen LogP contribution in [0.1, 0.15) is 27.2 Å². The molecule has 1 amide bonds. The highest BCUT2D eigenvalue weighted by molar-refractivity contribution is 5.75. The molecule has 0 saturated carbocycles. The first-order chi connectivity index (χ1) is 5.31. The molecule has 0 unspecified atom stereocenters. The third-order valence-corrected chi connectivity index (χ3v) is 1.02. The van der Waals surface area contributed by atoms with Gasteiger partial charge in [-0.05, 0) is 7.05 Å². The first-order valence-electron chi connectivity index (χ1n) is 4.22. The highest BCUT2D eigenvalue weighted by atomic mass is 16.1. The van der Waals surface area contributed by atoms with Gasteiger partial charge < -0.3 is 10.6 Å². The predicted molar refractivity (Wildman–Crippen MR) is 48.6 cm³/mol. The van der Waals surface area contributed by atoms with E-state index in [0.717, 1.165) is 13.1 Å². The second-order valence-electron chi connectivity index (χ2n) is 1.81. The van der Waals surface area contributed by atoms with Crippen LogP contribution in [0.15, 0.2) is 0 Å². The minimum Gasteiger partial charge on any atom is -0.355 e. The lowest BCUT2D eigenvalue weighted by Gasteiger charge is -2.00. The Bertz CT molecular complexity index is 84.2. The van der Waals surface area contributed by atoms with Crippen molar-refractivity contribution in [2.24, 2.45) is 0 Å². The number of nitrogens with one attached hydrogen (secondary N) is 2.